The minimum absolute atomic E-state index is 0.0547. The van der Waals surface area contributed by atoms with Crippen LogP contribution in [0.15, 0.2) is 24.3 Å². The smallest absolute Gasteiger partial charge is 0.407 e. The van der Waals surface area contributed by atoms with Gasteiger partial charge in [0, 0.05) is 30.5 Å². The zero-order valence-electron chi connectivity index (χ0n) is 15.7. The molecule has 1 N–H and O–H groups in total. The van der Waals surface area contributed by atoms with E-state index >= 15 is 0 Å². The number of rotatable bonds is 5. The summed E-state index contributed by atoms with van der Waals surface area (Å²) in [6.07, 6.45) is 3.14. The molecule has 0 aromatic heterocycles. The van der Waals surface area contributed by atoms with E-state index in [2.05, 4.69) is 41.4 Å². The molecule has 4 rings (SSSR count). The number of nitrogens with zero attached hydrogens (tertiary/aromatic N) is 1. The Morgan fingerprint density at radius 1 is 1.27 bits per heavy atom. The topological polar surface area (TPSA) is 58.6 Å². The van der Waals surface area contributed by atoms with Gasteiger partial charge in [-0.3, -0.25) is 4.79 Å². The Bertz CT molecular complexity index is 696. The number of ether oxygens (including phenoxy) is 1. The minimum Gasteiger partial charge on any atom is -0.450 e. The van der Waals surface area contributed by atoms with Gasteiger partial charge in [0.15, 0.2) is 0 Å². The molecule has 0 unspecified atom stereocenters. The fraction of sp³-hybridized carbons (Fsp3) is 0.619. The second kappa shape index (κ2) is 6.60. The molecule has 5 nitrogen and oxygen atoms in total. The van der Waals surface area contributed by atoms with Gasteiger partial charge in [0.2, 0.25) is 5.91 Å². The maximum Gasteiger partial charge on any atom is 0.407 e. The maximum absolute atomic E-state index is 12.8. The van der Waals surface area contributed by atoms with E-state index in [4.69, 9.17) is 4.74 Å². The van der Waals surface area contributed by atoms with Gasteiger partial charge < -0.3 is 15.0 Å². The summed E-state index contributed by atoms with van der Waals surface area (Å²) in [4.78, 5) is 26.4. The third kappa shape index (κ3) is 3.08. The molecule has 2 atom stereocenters. The monoisotopic (exact) mass is 356 g/mol. The van der Waals surface area contributed by atoms with Crippen molar-refractivity contribution >= 4 is 12.0 Å². The van der Waals surface area contributed by atoms with Crippen LogP contribution in [0.4, 0.5) is 4.79 Å². The van der Waals surface area contributed by atoms with Gasteiger partial charge in [-0.15, -0.1) is 0 Å². The summed E-state index contributed by atoms with van der Waals surface area (Å²) in [5.74, 6) is 0.940. The van der Waals surface area contributed by atoms with Crippen LogP contribution in [0.2, 0.25) is 0 Å². The molecule has 1 aromatic rings. The Balaban J connectivity index is 1.27. The van der Waals surface area contributed by atoms with Crippen molar-refractivity contribution in [1.82, 2.24) is 10.2 Å². The molecular weight excluding hydrogens is 328 g/mol. The lowest BCUT2D eigenvalue weighted by molar-refractivity contribution is -0.138. The summed E-state index contributed by atoms with van der Waals surface area (Å²) >= 11 is 0. The first-order valence-electron chi connectivity index (χ1n) is 9.81. The van der Waals surface area contributed by atoms with Gasteiger partial charge >= 0.3 is 6.09 Å². The molecule has 5 heteroatoms. The first-order valence-corrected chi connectivity index (χ1v) is 9.81. The van der Waals surface area contributed by atoms with E-state index in [-0.39, 0.29) is 29.4 Å². The predicted octanol–water partition coefficient (Wildman–Crippen LogP) is 3.01. The second-order valence-electron chi connectivity index (χ2n) is 8.29. The molecule has 0 spiro atoms. The maximum atomic E-state index is 12.8. The van der Waals surface area contributed by atoms with Crippen LogP contribution in [0.3, 0.4) is 0 Å². The Morgan fingerprint density at radius 3 is 2.69 bits per heavy atom. The number of aryl methyl sites for hydroxylation is 1. The van der Waals surface area contributed by atoms with E-state index in [9.17, 15) is 9.59 Å². The number of nitrogens with one attached hydrogen (secondary N) is 1. The van der Waals surface area contributed by atoms with E-state index in [0.717, 1.165) is 32.4 Å². The standard InChI is InChI=1S/C21H28N2O3/c1-3-8-26-20(25)22-18-9-15(10-18)19(24)23-12-17-11-21(17,13-23)16-6-4-14(2)5-7-16/h4-7,15,17-18H,3,8-13H2,1-2H3,(H,22,25)/t15-,17-,18+,21+/m0/s1. The molecule has 1 saturated heterocycles. The minimum atomic E-state index is -0.358. The van der Waals surface area contributed by atoms with Crippen LogP contribution in [0.25, 0.3) is 0 Å². The molecule has 140 valence electrons. The van der Waals surface area contributed by atoms with Crippen LogP contribution in [0.5, 0.6) is 0 Å². The van der Waals surface area contributed by atoms with Crippen molar-refractivity contribution < 1.29 is 14.3 Å². The fourth-order valence-corrected chi connectivity index (χ4v) is 4.58. The van der Waals surface area contributed by atoms with Crippen molar-refractivity contribution in [3.05, 3.63) is 35.4 Å². The molecule has 2 amide bonds. The van der Waals surface area contributed by atoms with Gasteiger partial charge in [0.1, 0.15) is 0 Å². The Labute approximate surface area is 155 Å². The van der Waals surface area contributed by atoms with Crippen molar-refractivity contribution in [2.45, 2.75) is 51.0 Å². The molecule has 2 aliphatic carbocycles. The first-order chi connectivity index (χ1) is 12.5. The van der Waals surface area contributed by atoms with Gasteiger partial charge in [-0.2, -0.15) is 0 Å². The molecule has 1 aromatic carbocycles. The molecule has 0 bridgehead atoms. The predicted molar refractivity (Wildman–Crippen MR) is 98.8 cm³/mol. The lowest BCUT2D eigenvalue weighted by Crippen LogP contribution is -2.50. The summed E-state index contributed by atoms with van der Waals surface area (Å²) in [6.45, 7) is 6.26. The molecule has 3 fully saturated rings. The second-order valence-corrected chi connectivity index (χ2v) is 8.29. The van der Waals surface area contributed by atoms with E-state index in [0.29, 0.717) is 12.5 Å². The quantitative estimate of drug-likeness (QED) is 0.882. The third-order valence-electron chi connectivity index (χ3n) is 6.33. The summed E-state index contributed by atoms with van der Waals surface area (Å²) in [5.41, 5.74) is 2.86. The summed E-state index contributed by atoms with van der Waals surface area (Å²) in [7, 11) is 0. The highest BCUT2D eigenvalue weighted by Gasteiger charge is 2.62. The summed E-state index contributed by atoms with van der Waals surface area (Å²) < 4.78 is 5.04. The number of alkyl carbamates (subject to hydrolysis) is 1. The molecule has 0 radical (unpaired) electrons. The number of carbonyl (C=O) groups is 2. The van der Waals surface area contributed by atoms with Crippen molar-refractivity contribution in [3.63, 3.8) is 0 Å². The van der Waals surface area contributed by atoms with Crippen LogP contribution in [-0.4, -0.2) is 42.6 Å². The Kier molecular flexibility index (Phi) is 4.41. The van der Waals surface area contributed by atoms with E-state index in [1.807, 2.05) is 6.92 Å². The number of fused-ring (bicyclic) bond motifs is 1. The number of benzene rings is 1. The van der Waals surface area contributed by atoms with Crippen LogP contribution in [0, 0.1) is 18.8 Å². The van der Waals surface area contributed by atoms with Gasteiger partial charge in [-0.1, -0.05) is 36.8 Å². The fourth-order valence-electron chi connectivity index (χ4n) is 4.58. The number of piperidine rings is 1. The van der Waals surface area contributed by atoms with Crippen molar-refractivity contribution in [3.8, 4) is 0 Å². The average molecular weight is 356 g/mol. The first kappa shape index (κ1) is 17.4. The van der Waals surface area contributed by atoms with E-state index in [1.165, 1.54) is 17.5 Å². The lowest BCUT2D eigenvalue weighted by atomic mass is 9.79. The van der Waals surface area contributed by atoms with Crippen LogP contribution >= 0.6 is 0 Å². The van der Waals surface area contributed by atoms with Crippen molar-refractivity contribution in [1.29, 1.82) is 0 Å². The summed E-state index contributed by atoms with van der Waals surface area (Å²) in [5, 5.41) is 2.85. The molecule has 26 heavy (non-hydrogen) atoms. The van der Waals surface area contributed by atoms with Crippen molar-refractivity contribution in [2.24, 2.45) is 11.8 Å². The zero-order chi connectivity index (χ0) is 18.3. The van der Waals surface area contributed by atoms with Crippen LogP contribution in [0.1, 0.15) is 43.7 Å². The van der Waals surface area contributed by atoms with E-state index < -0.39 is 0 Å². The molecule has 1 heterocycles. The van der Waals surface area contributed by atoms with Gasteiger partial charge in [0.25, 0.3) is 0 Å². The Morgan fingerprint density at radius 2 is 2.00 bits per heavy atom. The average Bonchev–Trinajstić information content (AvgIpc) is 3.17. The van der Waals surface area contributed by atoms with Gasteiger partial charge in [0.05, 0.1) is 6.61 Å². The van der Waals surface area contributed by atoms with Crippen LogP contribution < -0.4 is 5.32 Å². The summed E-state index contributed by atoms with van der Waals surface area (Å²) in [6, 6.07) is 8.88. The van der Waals surface area contributed by atoms with E-state index in [1.54, 1.807) is 0 Å². The SMILES string of the molecule is CCCOC(=O)N[C@H]1C[C@@H](C(=O)N2C[C@@H]3C[C@]3(c3ccc(C)cc3)C2)C1. The normalized spacial score (nSPS) is 31.8. The highest BCUT2D eigenvalue weighted by Crippen LogP contribution is 2.59. The number of carbonyl (C=O) groups excluding carboxylic acids is 2. The Hall–Kier alpha value is -2.04. The largest absolute Gasteiger partial charge is 0.450 e. The highest BCUT2D eigenvalue weighted by molar-refractivity contribution is 5.81. The van der Waals surface area contributed by atoms with Gasteiger partial charge in [-0.05, 0) is 44.1 Å². The third-order valence-corrected chi connectivity index (χ3v) is 6.33. The molecule has 1 aliphatic heterocycles. The van der Waals surface area contributed by atoms with Gasteiger partial charge in [-0.25, -0.2) is 4.79 Å². The molecular formula is C21H28N2O3. The molecule has 3 aliphatic rings. The zero-order valence-corrected chi connectivity index (χ0v) is 15.7. The number of hydrogen-bond acceptors (Lipinski definition) is 3. The molecule has 2 saturated carbocycles. The lowest BCUT2D eigenvalue weighted by Gasteiger charge is -2.37. The van der Waals surface area contributed by atoms with Crippen LogP contribution in [-0.2, 0) is 14.9 Å². The number of likely N-dealkylation sites (tertiary alicyclic amines) is 1. The number of amides is 2. The van der Waals surface area contributed by atoms with Crippen molar-refractivity contribution in [2.75, 3.05) is 19.7 Å². The highest BCUT2D eigenvalue weighted by atomic mass is 16.5. The number of hydrogen-bond donors (Lipinski definition) is 1.